The maximum Gasteiger partial charge on any atom is 0.350 e. The minimum absolute atomic E-state index is 0.327. The van der Waals surface area contributed by atoms with E-state index in [1.807, 2.05) is 0 Å². The second-order valence-electron chi connectivity index (χ2n) is 5.25. The van der Waals surface area contributed by atoms with Gasteiger partial charge in [-0.3, -0.25) is 4.79 Å². The fourth-order valence-corrected chi connectivity index (χ4v) is 2.74. The number of nitrogens with zero attached hydrogens (tertiary/aromatic N) is 1. The van der Waals surface area contributed by atoms with Crippen LogP contribution in [-0.2, 0) is 4.74 Å². The molecule has 6 nitrogen and oxygen atoms in total. The molecule has 1 N–H and O–H groups in total. The first kappa shape index (κ1) is 15.5. The summed E-state index contributed by atoms with van der Waals surface area (Å²) in [6.45, 7) is 0.634. The number of ether oxygens (including phenoxy) is 2. The van der Waals surface area contributed by atoms with E-state index in [1.165, 1.54) is 37.5 Å². The van der Waals surface area contributed by atoms with Gasteiger partial charge in [-0.25, -0.2) is 9.78 Å². The first-order chi connectivity index (χ1) is 11.2. The Labute approximate surface area is 137 Å². The van der Waals surface area contributed by atoms with Crippen molar-refractivity contribution in [3.63, 3.8) is 0 Å². The largest absolute Gasteiger partial charge is 0.477 e. The number of methoxy groups -OCH3 is 1. The third kappa shape index (κ3) is 3.87. The van der Waals surface area contributed by atoms with Crippen LogP contribution in [0.3, 0.4) is 0 Å². The van der Waals surface area contributed by atoms with Crippen molar-refractivity contribution in [3.05, 3.63) is 40.2 Å². The molecule has 120 valence electrons. The SMILES string of the molecule is COC(=O)c1sccc1NC(=O)c1ccnc(OCC2CC2)c1. The molecular weight excluding hydrogens is 316 g/mol. The summed E-state index contributed by atoms with van der Waals surface area (Å²) < 4.78 is 10.3. The fraction of sp³-hybridized carbons (Fsp3) is 0.312. The first-order valence-corrected chi connectivity index (χ1v) is 8.11. The summed E-state index contributed by atoms with van der Waals surface area (Å²) in [5.74, 6) is 0.247. The number of rotatable bonds is 6. The van der Waals surface area contributed by atoms with Gasteiger partial charge in [-0.05, 0) is 36.3 Å². The molecule has 0 unspecified atom stereocenters. The monoisotopic (exact) mass is 332 g/mol. The Kier molecular flexibility index (Phi) is 4.57. The van der Waals surface area contributed by atoms with E-state index in [0.717, 1.165) is 0 Å². The van der Waals surface area contributed by atoms with Crippen molar-refractivity contribution in [3.8, 4) is 5.88 Å². The number of pyridine rings is 1. The highest BCUT2D eigenvalue weighted by atomic mass is 32.1. The minimum Gasteiger partial charge on any atom is -0.477 e. The van der Waals surface area contributed by atoms with E-state index in [-0.39, 0.29) is 5.91 Å². The standard InChI is InChI=1S/C16H16N2O4S/c1-21-16(20)14-12(5-7-23-14)18-15(19)11-4-6-17-13(8-11)22-9-10-2-3-10/h4-8,10H,2-3,9H2,1H3,(H,18,19). The van der Waals surface area contributed by atoms with E-state index < -0.39 is 5.97 Å². The summed E-state index contributed by atoms with van der Waals surface area (Å²) in [7, 11) is 1.31. The lowest BCUT2D eigenvalue weighted by atomic mass is 10.2. The Morgan fingerprint density at radius 3 is 2.96 bits per heavy atom. The summed E-state index contributed by atoms with van der Waals surface area (Å²) in [5, 5.41) is 4.43. The minimum atomic E-state index is -0.474. The number of hydrogen-bond donors (Lipinski definition) is 1. The predicted molar refractivity (Wildman–Crippen MR) is 86.1 cm³/mol. The molecule has 0 saturated heterocycles. The number of nitrogens with one attached hydrogen (secondary N) is 1. The normalized spacial score (nSPS) is 13.4. The molecule has 2 heterocycles. The zero-order valence-electron chi connectivity index (χ0n) is 12.6. The van der Waals surface area contributed by atoms with Crippen LogP contribution in [0.25, 0.3) is 0 Å². The molecule has 0 bridgehead atoms. The number of carbonyl (C=O) groups is 2. The number of thiophene rings is 1. The molecule has 7 heteroatoms. The van der Waals surface area contributed by atoms with Crippen LogP contribution in [0.1, 0.15) is 32.9 Å². The fourth-order valence-electron chi connectivity index (χ4n) is 1.97. The van der Waals surface area contributed by atoms with Crippen molar-refractivity contribution in [2.45, 2.75) is 12.8 Å². The lowest BCUT2D eigenvalue weighted by Crippen LogP contribution is -2.14. The van der Waals surface area contributed by atoms with Gasteiger partial charge < -0.3 is 14.8 Å². The molecule has 0 radical (unpaired) electrons. The van der Waals surface area contributed by atoms with Crippen molar-refractivity contribution in [1.82, 2.24) is 4.98 Å². The summed E-state index contributed by atoms with van der Waals surface area (Å²) >= 11 is 1.21. The van der Waals surface area contributed by atoms with Crippen molar-refractivity contribution in [2.75, 3.05) is 19.0 Å². The molecule has 1 aliphatic rings. The Morgan fingerprint density at radius 2 is 2.22 bits per heavy atom. The summed E-state index contributed by atoms with van der Waals surface area (Å²) in [6, 6.07) is 4.87. The van der Waals surface area contributed by atoms with Gasteiger partial charge in [0.25, 0.3) is 5.91 Å². The van der Waals surface area contributed by atoms with Gasteiger partial charge in [0.15, 0.2) is 0 Å². The van der Waals surface area contributed by atoms with Gasteiger partial charge in [-0.15, -0.1) is 11.3 Å². The van der Waals surface area contributed by atoms with Crippen LogP contribution in [-0.4, -0.2) is 30.6 Å². The molecule has 1 fully saturated rings. The quantitative estimate of drug-likeness (QED) is 0.823. The van der Waals surface area contributed by atoms with Gasteiger partial charge in [0, 0.05) is 17.8 Å². The van der Waals surface area contributed by atoms with E-state index in [9.17, 15) is 9.59 Å². The second-order valence-corrected chi connectivity index (χ2v) is 6.16. The Hall–Kier alpha value is -2.41. The van der Waals surface area contributed by atoms with Crippen LogP contribution in [0.2, 0.25) is 0 Å². The average molecular weight is 332 g/mol. The van der Waals surface area contributed by atoms with Gasteiger partial charge in [0.05, 0.1) is 19.4 Å². The maximum absolute atomic E-state index is 12.3. The van der Waals surface area contributed by atoms with Crippen LogP contribution >= 0.6 is 11.3 Å². The van der Waals surface area contributed by atoms with Crippen LogP contribution < -0.4 is 10.1 Å². The third-order valence-electron chi connectivity index (χ3n) is 3.45. The molecular formula is C16H16N2O4S. The number of esters is 1. The van der Waals surface area contributed by atoms with Crippen molar-refractivity contribution < 1.29 is 19.1 Å². The number of amides is 1. The topological polar surface area (TPSA) is 77.5 Å². The zero-order valence-corrected chi connectivity index (χ0v) is 13.4. The van der Waals surface area contributed by atoms with E-state index in [4.69, 9.17) is 9.47 Å². The highest BCUT2D eigenvalue weighted by molar-refractivity contribution is 7.12. The summed E-state index contributed by atoms with van der Waals surface area (Å²) in [5.41, 5.74) is 0.858. The lowest BCUT2D eigenvalue weighted by Gasteiger charge is -2.08. The van der Waals surface area contributed by atoms with Crippen molar-refractivity contribution >= 4 is 28.9 Å². The molecule has 23 heavy (non-hydrogen) atoms. The van der Waals surface area contributed by atoms with Gasteiger partial charge in [0.2, 0.25) is 5.88 Å². The molecule has 0 aliphatic heterocycles. The lowest BCUT2D eigenvalue weighted by molar-refractivity contribution is 0.0607. The number of hydrogen-bond acceptors (Lipinski definition) is 6. The Bertz CT molecular complexity index is 724. The van der Waals surface area contributed by atoms with Crippen LogP contribution in [0.4, 0.5) is 5.69 Å². The molecule has 1 saturated carbocycles. The second kappa shape index (κ2) is 6.78. The maximum atomic E-state index is 12.3. The molecule has 3 rings (SSSR count). The van der Waals surface area contributed by atoms with Gasteiger partial charge >= 0.3 is 5.97 Å². The van der Waals surface area contributed by atoms with Gasteiger partial charge in [0.1, 0.15) is 4.88 Å². The Balaban J connectivity index is 1.69. The average Bonchev–Trinajstić information content (AvgIpc) is 3.30. The molecule has 2 aromatic heterocycles. The predicted octanol–water partition coefficient (Wildman–Crippen LogP) is 2.97. The molecule has 0 spiro atoms. The van der Waals surface area contributed by atoms with E-state index in [1.54, 1.807) is 23.6 Å². The number of aromatic nitrogens is 1. The van der Waals surface area contributed by atoms with Crippen LogP contribution in [0.5, 0.6) is 5.88 Å². The van der Waals surface area contributed by atoms with E-state index in [0.29, 0.717) is 34.5 Å². The van der Waals surface area contributed by atoms with E-state index >= 15 is 0 Å². The number of anilines is 1. The van der Waals surface area contributed by atoms with Gasteiger partial charge in [-0.2, -0.15) is 0 Å². The highest BCUT2D eigenvalue weighted by Crippen LogP contribution is 2.29. The molecule has 1 aliphatic carbocycles. The zero-order chi connectivity index (χ0) is 16.2. The van der Waals surface area contributed by atoms with Crippen LogP contribution in [0.15, 0.2) is 29.8 Å². The third-order valence-corrected chi connectivity index (χ3v) is 4.34. The number of carbonyl (C=O) groups excluding carboxylic acids is 2. The van der Waals surface area contributed by atoms with E-state index in [2.05, 4.69) is 10.3 Å². The van der Waals surface area contributed by atoms with Crippen molar-refractivity contribution in [1.29, 1.82) is 0 Å². The summed E-state index contributed by atoms with van der Waals surface area (Å²) in [6.07, 6.45) is 3.91. The molecule has 2 aromatic rings. The highest BCUT2D eigenvalue weighted by Gasteiger charge is 2.22. The first-order valence-electron chi connectivity index (χ1n) is 7.23. The van der Waals surface area contributed by atoms with Crippen LogP contribution in [0, 0.1) is 5.92 Å². The molecule has 0 aromatic carbocycles. The van der Waals surface area contributed by atoms with Gasteiger partial charge in [-0.1, -0.05) is 0 Å². The Morgan fingerprint density at radius 1 is 1.39 bits per heavy atom. The smallest absolute Gasteiger partial charge is 0.350 e. The molecule has 1 amide bonds. The van der Waals surface area contributed by atoms with Crippen molar-refractivity contribution in [2.24, 2.45) is 5.92 Å². The summed E-state index contributed by atoms with van der Waals surface area (Å²) in [4.78, 5) is 28.4. The molecule has 0 atom stereocenters.